The van der Waals surface area contributed by atoms with Crippen molar-refractivity contribution in [3.05, 3.63) is 46.5 Å². The molecule has 0 aromatic heterocycles. The van der Waals surface area contributed by atoms with Crippen molar-refractivity contribution in [1.82, 2.24) is 20.1 Å². The largest absolute Gasteiger partial charge is 0.461 e. The number of ether oxygens (including phenoxy) is 2. The molecule has 1 aromatic carbocycles. The van der Waals surface area contributed by atoms with Crippen molar-refractivity contribution >= 4 is 68.7 Å². The van der Waals surface area contributed by atoms with Crippen LogP contribution < -0.4 is 10.0 Å². The molecule has 3 amide bonds. The molecular weight excluding hydrogens is 643 g/mol. The number of hydrogen-bond acceptors (Lipinski definition) is 10. The molecule has 0 aliphatic carbocycles. The molecule has 2 heterocycles. The fourth-order valence-electron chi connectivity index (χ4n) is 4.71. The van der Waals surface area contributed by atoms with E-state index in [-0.39, 0.29) is 60.9 Å². The Kier molecular flexibility index (Phi) is 12.3. The zero-order valence-electron chi connectivity index (χ0n) is 23.8. The summed E-state index contributed by atoms with van der Waals surface area (Å²) in [5, 5.41) is 4.53. The van der Waals surface area contributed by atoms with Crippen molar-refractivity contribution in [2.45, 2.75) is 56.7 Å². The standard InChI is InChI=1S/C27H32Cl2N4O10S/c1-3-14-42-23(36)12-10-18(21(34)15-43-27(39)24-16(28)6-4-7-17(24)29)30-25(37)20-8-5-13-32-22(35)11-9-19(26(38)33(20)32)31-44(2,40)41/h3-4,6-7,18-20,31H,1,5,8-15H2,2H3,(H,30,37)/t18-,19-,20-/m0/s1. The van der Waals surface area contributed by atoms with Gasteiger partial charge in [0.05, 0.1) is 27.9 Å². The number of fused-ring (bicyclic) bond motifs is 1. The van der Waals surface area contributed by atoms with Gasteiger partial charge < -0.3 is 14.8 Å². The van der Waals surface area contributed by atoms with E-state index in [1.807, 2.05) is 0 Å². The number of ketones is 1. The fourth-order valence-corrected chi connectivity index (χ4v) is 6.00. The number of carbonyl (C=O) groups excluding carboxylic acids is 6. The van der Waals surface area contributed by atoms with Crippen LogP contribution in [0.3, 0.4) is 0 Å². The lowest BCUT2D eigenvalue weighted by Crippen LogP contribution is -2.64. The number of carbonyl (C=O) groups is 6. The summed E-state index contributed by atoms with van der Waals surface area (Å²) in [5.74, 6) is -4.60. The number of amides is 3. The molecule has 2 aliphatic rings. The first-order valence-corrected chi connectivity index (χ1v) is 16.2. The number of nitrogens with one attached hydrogen (secondary N) is 2. The maximum Gasteiger partial charge on any atom is 0.341 e. The van der Waals surface area contributed by atoms with Gasteiger partial charge in [-0.1, -0.05) is 41.9 Å². The number of benzene rings is 1. The molecule has 3 atom stereocenters. The molecule has 0 bridgehead atoms. The van der Waals surface area contributed by atoms with Crippen LogP contribution in [0.4, 0.5) is 0 Å². The van der Waals surface area contributed by atoms with Gasteiger partial charge in [0, 0.05) is 19.4 Å². The van der Waals surface area contributed by atoms with Crippen LogP contribution in [-0.2, 0) is 43.5 Å². The van der Waals surface area contributed by atoms with Crippen molar-refractivity contribution in [2.24, 2.45) is 0 Å². The van der Waals surface area contributed by atoms with Crippen LogP contribution in [0.1, 0.15) is 48.9 Å². The highest BCUT2D eigenvalue weighted by molar-refractivity contribution is 7.88. The number of rotatable bonds is 13. The number of hydrogen-bond donors (Lipinski definition) is 2. The van der Waals surface area contributed by atoms with Crippen molar-refractivity contribution in [3.8, 4) is 0 Å². The van der Waals surface area contributed by atoms with Gasteiger partial charge in [-0.25, -0.2) is 22.9 Å². The number of sulfonamides is 1. The monoisotopic (exact) mass is 674 g/mol. The first-order chi connectivity index (χ1) is 20.7. The second-order valence-electron chi connectivity index (χ2n) is 10.0. The van der Waals surface area contributed by atoms with E-state index in [0.717, 1.165) is 16.3 Å². The molecule has 0 saturated carbocycles. The molecule has 44 heavy (non-hydrogen) atoms. The number of hydrazine groups is 1. The first-order valence-electron chi connectivity index (χ1n) is 13.5. The highest BCUT2D eigenvalue weighted by Crippen LogP contribution is 2.26. The second kappa shape index (κ2) is 15.5. The third-order valence-corrected chi connectivity index (χ3v) is 8.08. The Morgan fingerprint density at radius 3 is 2.45 bits per heavy atom. The third-order valence-electron chi connectivity index (χ3n) is 6.74. The molecule has 17 heteroatoms. The van der Waals surface area contributed by atoms with Gasteiger partial charge in [0.25, 0.3) is 5.91 Å². The van der Waals surface area contributed by atoms with E-state index < -0.39 is 70.2 Å². The van der Waals surface area contributed by atoms with E-state index in [1.54, 1.807) is 0 Å². The van der Waals surface area contributed by atoms with Crippen LogP contribution >= 0.6 is 23.2 Å². The SMILES string of the molecule is C=CCOC(=O)CC[C@H](NC(=O)[C@@H]1CCCN2C(=O)CC[C@H](NS(C)(=O)=O)C(=O)N12)C(=O)COC(=O)c1c(Cl)cccc1Cl. The molecule has 1 aromatic rings. The first kappa shape index (κ1) is 35.0. The Hall–Kier alpha value is -3.53. The fraction of sp³-hybridized carbons (Fsp3) is 0.481. The summed E-state index contributed by atoms with van der Waals surface area (Å²) in [6.45, 7) is 2.67. The lowest BCUT2D eigenvalue weighted by atomic mass is 10.0. The number of Topliss-reactive ketones (excluding diaryl/α,β-unsaturated/α-hetero) is 1. The van der Waals surface area contributed by atoms with Crippen LogP contribution in [0.15, 0.2) is 30.9 Å². The van der Waals surface area contributed by atoms with Gasteiger partial charge in [-0.2, -0.15) is 0 Å². The van der Waals surface area contributed by atoms with Crippen molar-refractivity contribution < 1.29 is 46.7 Å². The molecular formula is C27H32Cl2N4O10S. The molecule has 240 valence electrons. The summed E-state index contributed by atoms with van der Waals surface area (Å²) in [5.41, 5.74) is -0.166. The van der Waals surface area contributed by atoms with E-state index in [2.05, 4.69) is 16.6 Å². The molecule has 3 rings (SSSR count). The predicted octanol–water partition coefficient (Wildman–Crippen LogP) is 1.16. The number of halogens is 2. The van der Waals surface area contributed by atoms with Crippen LogP contribution in [0, 0.1) is 0 Å². The van der Waals surface area contributed by atoms with Gasteiger partial charge in [-0.05, 0) is 37.8 Å². The quantitative estimate of drug-likeness (QED) is 0.227. The molecule has 2 fully saturated rings. The normalized spacial score (nSPS) is 19.3. The zero-order chi connectivity index (χ0) is 32.6. The minimum Gasteiger partial charge on any atom is -0.461 e. The Labute approximate surface area is 264 Å². The smallest absolute Gasteiger partial charge is 0.341 e. The van der Waals surface area contributed by atoms with Gasteiger partial charge in [0.2, 0.25) is 21.8 Å². The highest BCUT2D eigenvalue weighted by Gasteiger charge is 2.45. The number of esters is 2. The molecule has 0 unspecified atom stereocenters. The van der Waals surface area contributed by atoms with Gasteiger partial charge in [-0.15, -0.1) is 0 Å². The van der Waals surface area contributed by atoms with Gasteiger partial charge in [0.15, 0.2) is 12.4 Å². The van der Waals surface area contributed by atoms with Crippen molar-refractivity contribution in [3.63, 3.8) is 0 Å². The summed E-state index contributed by atoms with van der Waals surface area (Å²) >= 11 is 12.1. The maximum absolute atomic E-state index is 13.6. The van der Waals surface area contributed by atoms with Crippen molar-refractivity contribution in [2.75, 3.05) is 26.0 Å². The van der Waals surface area contributed by atoms with E-state index >= 15 is 0 Å². The Morgan fingerprint density at radius 2 is 1.82 bits per heavy atom. The van der Waals surface area contributed by atoms with Crippen LogP contribution in [0.5, 0.6) is 0 Å². The highest BCUT2D eigenvalue weighted by atomic mass is 35.5. The Morgan fingerprint density at radius 1 is 1.14 bits per heavy atom. The van der Waals surface area contributed by atoms with Crippen LogP contribution in [0.25, 0.3) is 0 Å². The van der Waals surface area contributed by atoms with E-state index in [1.165, 1.54) is 24.3 Å². The molecule has 2 N–H and O–H groups in total. The maximum atomic E-state index is 13.6. The summed E-state index contributed by atoms with van der Waals surface area (Å²) in [7, 11) is -3.84. The van der Waals surface area contributed by atoms with Gasteiger partial charge in [0.1, 0.15) is 18.7 Å². The van der Waals surface area contributed by atoms with Gasteiger partial charge >= 0.3 is 11.9 Å². The van der Waals surface area contributed by atoms with Gasteiger partial charge in [-0.3, -0.25) is 29.0 Å². The molecule has 0 spiro atoms. The van der Waals surface area contributed by atoms with Crippen LogP contribution in [-0.4, -0.2) is 98.0 Å². The summed E-state index contributed by atoms with van der Waals surface area (Å²) in [4.78, 5) is 77.8. The molecule has 2 saturated heterocycles. The number of nitrogens with zero attached hydrogens (tertiary/aromatic N) is 2. The van der Waals surface area contributed by atoms with E-state index in [0.29, 0.717) is 6.42 Å². The van der Waals surface area contributed by atoms with E-state index in [4.69, 9.17) is 32.7 Å². The third kappa shape index (κ3) is 9.24. The average molecular weight is 676 g/mol. The molecule has 0 radical (unpaired) electrons. The predicted molar refractivity (Wildman–Crippen MR) is 157 cm³/mol. The Balaban J connectivity index is 1.81. The average Bonchev–Trinajstić information content (AvgIpc) is 3.07. The minimum atomic E-state index is -3.84. The summed E-state index contributed by atoms with van der Waals surface area (Å²) in [6.07, 6.45) is 1.82. The summed E-state index contributed by atoms with van der Waals surface area (Å²) < 4.78 is 36.0. The Bertz CT molecular complexity index is 1420. The topological polar surface area (TPSA) is 186 Å². The van der Waals surface area contributed by atoms with E-state index in [9.17, 15) is 37.2 Å². The molecule has 14 nitrogen and oxygen atoms in total. The van der Waals surface area contributed by atoms with Crippen LogP contribution in [0.2, 0.25) is 10.0 Å². The minimum absolute atomic E-state index is 0.00745. The molecule has 2 aliphatic heterocycles. The summed E-state index contributed by atoms with van der Waals surface area (Å²) in [6, 6.07) is 0.365. The van der Waals surface area contributed by atoms with Crippen molar-refractivity contribution in [1.29, 1.82) is 0 Å². The zero-order valence-corrected chi connectivity index (χ0v) is 26.1. The lowest BCUT2D eigenvalue weighted by Gasteiger charge is -2.43. The second-order valence-corrected chi connectivity index (χ2v) is 12.6. The lowest BCUT2D eigenvalue weighted by molar-refractivity contribution is -0.176.